The molecule has 0 aliphatic carbocycles. The zero-order valence-corrected chi connectivity index (χ0v) is 19.4. The van der Waals surface area contributed by atoms with Crippen LogP contribution in [-0.4, -0.2) is 34.3 Å². The Morgan fingerprint density at radius 2 is 1.86 bits per heavy atom. The zero-order valence-electron chi connectivity index (χ0n) is 15.4. The number of benzene rings is 2. The Hall–Kier alpha value is -1.52. The summed E-state index contributed by atoms with van der Waals surface area (Å²) in [6.45, 7) is 0. The number of nitrogens with one attached hydrogen (secondary N) is 1. The Morgan fingerprint density at radius 3 is 2.59 bits per heavy atom. The largest absolute Gasteiger partial charge is 0.272 e. The lowest BCUT2D eigenvalue weighted by Crippen LogP contribution is -2.19. The highest BCUT2D eigenvalue weighted by Crippen LogP contribution is 2.32. The Labute approximate surface area is 191 Å². The molecular weight excluding hydrogens is 464 g/mol. The molecule has 0 radical (unpaired) electrons. The Morgan fingerprint density at radius 1 is 1.14 bits per heavy atom. The number of rotatable bonds is 9. The van der Waals surface area contributed by atoms with E-state index in [0.29, 0.717) is 0 Å². The van der Waals surface area contributed by atoms with Gasteiger partial charge in [-0.25, -0.2) is 5.43 Å². The van der Waals surface area contributed by atoms with E-state index in [1.165, 1.54) is 28.0 Å². The summed E-state index contributed by atoms with van der Waals surface area (Å²) < 4.78 is 1.60. The minimum Gasteiger partial charge on any atom is -0.272 e. The van der Waals surface area contributed by atoms with Crippen molar-refractivity contribution in [1.82, 2.24) is 15.6 Å². The second-order valence-corrected chi connectivity index (χ2v) is 10.3. The quantitative estimate of drug-likeness (QED) is 0.249. The fraction of sp³-hybridized carbons (Fsp3) is 0.158. The predicted octanol–water partition coefficient (Wildman–Crippen LogP) is 5.45. The predicted molar refractivity (Wildman–Crippen MR) is 126 cm³/mol. The molecule has 5 nitrogen and oxygen atoms in total. The highest BCUT2D eigenvalue weighted by molar-refractivity contribution is 8.03. The van der Waals surface area contributed by atoms with Crippen LogP contribution in [0.4, 0.5) is 0 Å². The monoisotopic (exact) mass is 480 g/mol. The van der Waals surface area contributed by atoms with Gasteiger partial charge in [-0.15, -0.1) is 22.0 Å². The molecule has 1 aromatic heterocycles. The van der Waals surface area contributed by atoms with E-state index < -0.39 is 0 Å². The molecule has 1 heterocycles. The normalized spacial score (nSPS) is 11.1. The topological polar surface area (TPSA) is 67.2 Å². The van der Waals surface area contributed by atoms with Crippen molar-refractivity contribution in [2.75, 3.05) is 12.0 Å². The first-order valence-corrected chi connectivity index (χ1v) is 12.8. The number of hydrogen-bond acceptors (Lipinski definition) is 8. The Kier molecular flexibility index (Phi) is 8.88. The second-order valence-electron chi connectivity index (χ2n) is 5.57. The number of thioether (sulfide) groups is 3. The Bertz CT molecular complexity index is 978. The van der Waals surface area contributed by atoms with E-state index in [-0.39, 0.29) is 11.7 Å². The number of carbonyl (C=O) groups is 1. The smallest absolute Gasteiger partial charge is 0.250 e. The van der Waals surface area contributed by atoms with Gasteiger partial charge in [-0.1, -0.05) is 76.8 Å². The van der Waals surface area contributed by atoms with Gasteiger partial charge in [-0.2, -0.15) is 5.10 Å². The van der Waals surface area contributed by atoms with Crippen LogP contribution in [0.5, 0.6) is 0 Å². The number of halogens is 1. The highest BCUT2D eigenvalue weighted by atomic mass is 35.5. The van der Waals surface area contributed by atoms with Crippen LogP contribution in [0.15, 0.2) is 67.2 Å². The molecule has 0 spiro atoms. The summed E-state index contributed by atoms with van der Waals surface area (Å²) in [6, 6.07) is 15.7. The molecule has 150 valence electrons. The maximum absolute atomic E-state index is 11.9. The van der Waals surface area contributed by atoms with Gasteiger partial charge in [0.05, 0.1) is 12.0 Å². The number of carbonyl (C=O) groups excluding carboxylic acids is 1. The van der Waals surface area contributed by atoms with Gasteiger partial charge in [0.2, 0.25) is 0 Å². The highest BCUT2D eigenvalue weighted by Gasteiger charge is 2.09. The maximum Gasteiger partial charge on any atom is 0.250 e. The van der Waals surface area contributed by atoms with E-state index >= 15 is 0 Å². The van der Waals surface area contributed by atoms with Gasteiger partial charge in [-0.3, -0.25) is 4.79 Å². The van der Waals surface area contributed by atoms with Crippen molar-refractivity contribution < 1.29 is 4.79 Å². The maximum atomic E-state index is 11.9. The minimum atomic E-state index is -0.188. The van der Waals surface area contributed by atoms with Gasteiger partial charge in [0.1, 0.15) is 0 Å². The molecule has 3 rings (SSSR count). The minimum absolute atomic E-state index is 0.188. The SMILES string of the molecule is CSc1ccc(/C=N/NC(=O)CSc2nnc(SCc3ccccc3Cl)s2)cc1. The first-order chi connectivity index (χ1) is 14.1. The number of nitrogens with zero attached hydrogens (tertiary/aromatic N) is 3. The van der Waals surface area contributed by atoms with Gasteiger partial charge in [0.15, 0.2) is 8.68 Å². The van der Waals surface area contributed by atoms with Crippen LogP contribution in [0, 0.1) is 0 Å². The van der Waals surface area contributed by atoms with Gasteiger partial charge in [0.25, 0.3) is 5.91 Å². The summed E-state index contributed by atoms with van der Waals surface area (Å²) >= 11 is 12.2. The van der Waals surface area contributed by atoms with Crippen LogP contribution in [0.3, 0.4) is 0 Å². The Balaban J connectivity index is 1.41. The van der Waals surface area contributed by atoms with Crippen molar-refractivity contribution in [2.24, 2.45) is 5.10 Å². The first kappa shape index (κ1) is 22.2. The third-order valence-corrected chi connectivity index (χ3v) is 7.89. The molecule has 0 saturated heterocycles. The molecule has 0 saturated carbocycles. The number of hydrogen-bond donors (Lipinski definition) is 1. The summed E-state index contributed by atoms with van der Waals surface area (Å²) in [5.74, 6) is 0.769. The molecule has 0 unspecified atom stereocenters. The number of hydrazone groups is 1. The van der Waals surface area contributed by atoms with Crippen molar-refractivity contribution in [1.29, 1.82) is 0 Å². The molecule has 3 aromatic rings. The molecule has 2 aromatic carbocycles. The standard InChI is InChI=1S/C19H17ClN4OS4/c1-26-15-8-6-13(7-9-15)10-21-22-17(25)12-28-19-24-23-18(29-19)27-11-14-4-2-3-5-16(14)20/h2-10H,11-12H2,1H3,(H,22,25)/b21-10+. The molecule has 0 aliphatic rings. The molecule has 0 aliphatic heterocycles. The third kappa shape index (κ3) is 7.35. The lowest BCUT2D eigenvalue weighted by Gasteiger charge is -2.00. The molecular formula is C19H17ClN4OS4. The van der Waals surface area contributed by atoms with Crippen LogP contribution in [0.25, 0.3) is 0 Å². The third-order valence-electron chi connectivity index (χ3n) is 3.54. The van der Waals surface area contributed by atoms with E-state index in [1.807, 2.05) is 54.8 Å². The van der Waals surface area contributed by atoms with E-state index in [0.717, 1.165) is 30.6 Å². The van der Waals surface area contributed by atoms with E-state index in [4.69, 9.17) is 11.6 Å². The summed E-state index contributed by atoms with van der Waals surface area (Å²) in [6.07, 6.45) is 3.65. The average molecular weight is 481 g/mol. The second kappa shape index (κ2) is 11.6. The molecule has 1 amide bonds. The van der Waals surface area contributed by atoms with E-state index in [2.05, 4.69) is 20.7 Å². The van der Waals surface area contributed by atoms with Crippen molar-refractivity contribution in [3.05, 3.63) is 64.7 Å². The molecule has 10 heteroatoms. The zero-order chi connectivity index (χ0) is 20.5. The average Bonchev–Trinajstić information content (AvgIpc) is 3.20. The fourth-order valence-electron chi connectivity index (χ4n) is 2.10. The van der Waals surface area contributed by atoms with Gasteiger partial charge in [0, 0.05) is 15.7 Å². The van der Waals surface area contributed by atoms with Gasteiger partial charge >= 0.3 is 0 Å². The molecule has 0 atom stereocenters. The molecule has 0 fully saturated rings. The summed E-state index contributed by atoms with van der Waals surface area (Å²) in [5, 5.41) is 13.0. The summed E-state index contributed by atoms with van der Waals surface area (Å²) in [7, 11) is 0. The van der Waals surface area contributed by atoms with Crippen molar-refractivity contribution in [2.45, 2.75) is 19.3 Å². The van der Waals surface area contributed by atoms with E-state index in [9.17, 15) is 4.79 Å². The first-order valence-electron chi connectivity index (χ1n) is 8.42. The lowest BCUT2D eigenvalue weighted by molar-refractivity contribution is -0.118. The van der Waals surface area contributed by atoms with Gasteiger partial charge < -0.3 is 0 Å². The fourth-order valence-corrected chi connectivity index (χ4v) is 5.60. The lowest BCUT2D eigenvalue weighted by atomic mass is 10.2. The van der Waals surface area contributed by atoms with Gasteiger partial charge in [-0.05, 0) is 35.6 Å². The van der Waals surface area contributed by atoms with Crippen LogP contribution >= 0.6 is 58.2 Å². The van der Waals surface area contributed by atoms with E-state index in [1.54, 1.807) is 29.7 Å². The number of amides is 1. The summed E-state index contributed by atoms with van der Waals surface area (Å²) in [5.41, 5.74) is 4.52. The molecule has 29 heavy (non-hydrogen) atoms. The number of aromatic nitrogens is 2. The molecule has 1 N–H and O–H groups in total. The van der Waals surface area contributed by atoms with Crippen LogP contribution < -0.4 is 5.43 Å². The van der Waals surface area contributed by atoms with Crippen LogP contribution in [0.2, 0.25) is 5.02 Å². The van der Waals surface area contributed by atoms with Crippen molar-refractivity contribution >= 4 is 70.3 Å². The molecule has 0 bridgehead atoms. The summed E-state index contributed by atoms with van der Waals surface area (Å²) in [4.78, 5) is 13.1. The van der Waals surface area contributed by atoms with Crippen molar-refractivity contribution in [3.8, 4) is 0 Å². The van der Waals surface area contributed by atoms with Crippen LogP contribution in [-0.2, 0) is 10.5 Å². The van der Waals surface area contributed by atoms with Crippen LogP contribution in [0.1, 0.15) is 11.1 Å². The van der Waals surface area contributed by atoms with Crippen molar-refractivity contribution in [3.63, 3.8) is 0 Å².